The van der Waals surface area contributed by atoms with Crippen LogP contribution in [0.15, 0.2) is 85.1 Å². The van der Waals surface area contributed by atoms with E-state index in [0.29, 0.717) is 6.42 Å². The summed E-state index contributed by atoms with van der Waals surface area (Å²) in [5.41, 5.74) is 5.33. The summed E-state index contributed by atoms with van der Waals surface area (Å²) in [5, 5.41) is 13.5. The standard InChI is InChI=1S/C39H67N2O6P/c1-3-5-7-9-11-13-14-15-16-17-18-19-20-21-22-23-24-25-27-29-31-33-39(43)41-37(36-47-48(44,45)46-35-34-40)38(42)32-30-28-26-12-10-8-6-4-2/h5,7,11,13,15-16,18-19,21-22,24-25,30,32,37-38,42H,3-4,6,8-10,12,14,17,20,23,26-29,31,33-36,40H2,1-2H3,(H,41,43)(H,44,45)/b7-5-,13-11-,16-15-,19-18-,22-21-,25-24-,32-30+. The third-order valence-electron chi connectivity index (χ3n) is 7.23. The lowest BCUT2D eigenvalue weighted by molar-refractivity contribution is -0.123. The first-order chi connectivity index (χ1) is 23.4. The molecule has 0 saturated heterocycles. The largest absolute Gasteiger partial charge is 0.472 e. The number of unbranched alkanes of at least 4 members (excludes halogenated alkanes) is 8. The lowest BCUT2D eigenvalue weighted by atomic mass is 10.1. The minimum absolute atomic E-state index is 0.0659. The average molecular weight is 691 g/mol. The van der Waals surface area contributed by atoms with E-state index in [9.17, 15) is 19.4 Å². The number of nitrogens with two attached hydrogens (primary N) is 1. The van der Waals surface area contributed by atoms with Crippen molar-refractivity contribution in [1.29, 1.82) is 0 Å². The molecule has 0 saturated carbocycles. The van der Waals surface area contributed by atoms with Crippen LogP contribution in [0.3, 0.4) is 0 Å². The topological polar surface area (TPSA) is 131 Å². The van der Waals surface area contributed by atoms with Crippen molar-refractivity contribution in [3.63, 3.8) is 0 Å². The fraction of sp³-hybridized carbons (Fsp3) is 0.615. The van der Waals surface area contributed by atoms with Crippen LogP contribution in [-0.4, -0.2) is 47.8 Å². The smallest absolute Gasteiger partial charge is 0.387 e. The van der Waals surface area contributed by atoms with E-state index in [1.165, 1.54) is 25.7 Å². The number of rotatable bonds is 32. The fourth-order valence-corrected chi connectivity index (χ4v) is 5.24. The third-order valence-corrected chi connectivity index (χ3v) is 8.21. The molecule has 0 aromatic carbocycles. The first-order valence-corrected chi connectivity index (χ1v) is 19.7. The molecule has 0 bridgehead atoms. The SMILES string of the molecule is CC/C=C\C/C=C\C/C=C\C/C=C\C/C=C\C/C=C\CCCCC(=O)NC(COP(=O)(O)OCCN)C(O)/C=C/CCCCCCCC. The zero-order valence-corrected chi connectivity index (χ0v) is 30.8. The molecule has 0 aliphatic rings. The number of hydrogen-bond donors (Lipinski definition) is 4. The van der Waals surface area contributed by atoms with Crippen molar-refractivity contribution >= 4 is 13.7 Å². The van der Waals surface area contributed by atoms with E-state index in [-0.39, 0.29) is 32.1 Å². The van der Waals surface area contributed by atoms with Crippen LogP contribution in [0, 0.1) is 0 Å². The Hall–Kier alpha value is -2.32. The van der Waals surface area contributed by atoms with Crippen LogP contribution >= 0.6 is 7.82 Å². The number of hydrogen-bond acceptors (Lipinski definition) is 6. The molecule has 0 radical (unpaired) electrons. The number of aliphatic hydroxyl groups excluding tert-OH is 1. The van der Waals surface area contributed by atoms with Gasteiger partial charge in [0.25, 0.3) is 0 Å². The Labute approximate surface area is 292 Å². The number of phosphoric ester groups is 1. The van der Waals surface area contributed by atoms with E-state index in [4.69, 9.17) is 14.8 Å². The van der Waals surface area contributed by atoms with Gasteiger partial charge < -0.3 is 21.1 Å². The van der Waals surface area contributed by atoms with Crippen LogP contribution in [-0.2, 0) is 18.4 Å². The van der Waals surface area contributed by atoms with Crippen molar-refractivity contribution in [2.75, 3.05) is 19.8 Å². The normalized spacial score (nSPS) is 15.4. The molecule has 1 amide bonds. The number of carbonyl (C=O) groups excluding carboxylic acids is 1. The molecule has 48 heavy (non-hydrogen) atoms. The highest BCUT2D eigenvalue weighted by molar-refractivity contribution is 7.47. The molecule has 9 heteroatoms. The zero-order valence-electron chi connectivity index (χ0n) is 29.9. The van der Waals surface area contributed by atoms with Gasteiger partial charge in [0.2, 0.25) is 5.91 Å². The van der Waals surface area contributed by atoms with Crippen LogP contribution in [0.5, 0.6) is 0 Å². The summed E-state index contributed by atoms with van der Waals surface area (Å²) in [4.78, 5) is 22.5. The van der Waals surface area contributed by atoms with Gasteiger partial charge in [-0.1, -0.05) is 131 Å². The number of nitrogens with one attached hydrogen (secondary N) is 1. The van der Waals surface area contributed by atoms with E-state index < -0.39 is 20.0 Å². The molecule has 0 fully saturated rings. The molecule has 0 aromatic heterocycles. The van der Waals surface area contributed by atoms with Gasteiger partial charge in [0.1, 0.15) is 0 Å². The minimum Gasteiger partial charge on any atom is -0.387 e. The van der Waals surface area contributed by atoms with Crippen LogP contribution in [0.1, 0.15) is 123 Å². The molecule has 0 aromatic rings. The summed E-state index contributed by atoms with van der Waals surface area (Å²) in [6.45, 7) is 3.90. The van der Waals surface area contributed by atoms with Gasteiger partial charge in [0, 0.05) is 13.0 Å². The lowest BCUT2D eigenvalue weighted by Gasteiger charge is -2.23. The molecule has 3 unspecified atom stereocenters. The molecule has 0 heterocycles. The Morgan fingerprint density at radius 2 is 1.21 bits per heavy atom. The summed E-state index contributed by atoms with van der Waals surface area (Å²) in [7, 11) is -4.34. The molecule has 274 valence electrons. The number of allylic oxidation sites excluding steroid dienone is 13. The average Bonchev–Trinajstić information content (AvgIpc) is 3.07. The number of phosphoric acid groups is 1. The van der Waals surface area contributed by atoms with Crippen LogP contribution < -0.4 is 11.1 Å². The van der Waals surface area contributed by atoms with Crippen LogP contribution in [0.25, 0.3) is 0 Å². The fourth-order valence-electron chi connectivity index (χ4n) is 4.48. The second-order valence-corrected chi connectivity index (χ2v) is 13.1. The lowest BCUT2D eigenvalue weighted by Crippen LogP contribution is -2.45. The zero-order chi connectivity index (χ0) is 35.4. The van der Waals surface area contributed by atoms with E-state index in [1.54, 1.807) is 6.08 Å². The van der Waals surface area contributed by atoms with Gasteiger partial charge in [-0.2, -0.15) is 0 Å². The van der Waals surface area contributed by atoms with Crippen molar-refractivity contribution in [2.45, 2.75) is 135 Å². The first kappa shape index (κ1) is 45.7. The van der Waals surface area contributed by atoms with Gasteiger partial charge >= 0.3 is 7.82 Å². The van der Waals surface area contributed by atoms with Crippen molar-refractivity contribution < 1.29 is 28.4 Å². The molecule has 0 aliphatic heterocycles. The number of carbonyl (C=O) groups is 1. The van der Waals surface area contributed by atoms with E-state index in [1.807, 2.05) is 6.08 Å². The molecule has 8 nitrogen and oxygen atoms in total. The number of amides is 1. The quantitative estimate of drug-likeness (QED) is 0.0314. The van der Waals surface area contributed by atoms with Crippen LogP contribution in [0.2, 0.25) is 0 Å². The predicted octanol–water partition coefficient (Wildman–Crippen LogP) is 9.49. The first-order valence-electron chi connectivity index (χ1n) is 18.2. The van der Waals surface area contributed by atoms with E-state index >= 15 is 0 Å². The van der Waals surface area contributed by atoms with Gasteiger partial charge in [-0.05, 0) is 70.6 Å². The van der Waals surface area contributed by atoms with Gasteiger partial charge in [0.15, 0.2) is 0 Å². The molecule has 0 rings (SSSR count). The molecule has 0 aliphatic carbocycles. The van der Waals surface area contributed by atoms with Crippen molar-refractivity contribution in [1.82, 2.24) is 5.32 Å². The van der Waals surface area contributed by atoms with Crippen molar-refractivity contribution in [2.24, 2.45) is 5.73 Å². The second-order valence-electron chi connectivity index (χ2n) is 11.7. The Kier molecular flexibility index (Phi) is 32.9. The highest BCUT2D eigenvalue weighted by Gasteiger charge is 2.26. The summed E-state index contributed by atoms with van der Waals surface area (Å²) in [5.74, 6) is -0.245. The third kappa shape index (κ3) is 32.2. The van der Waals surface area contributed by atoms with Crippen LogP contribution in [0.4, 0.5) is 0 Å². The Morgan fingerprint density at radius 3 is 1.77 bits per heavy atom. The maximum atomic E-state index is 12.6. The molecular weight excluding hydrogens is 623 g/mol. The highest BCUT2D eigenvalue weighted by atomic mass is 31.2. The van der Waals surface area contributed by atoms with Gasteiger partial charge in [-0.15, -0.1) is 0 Å². The van der Waals surface area contributed by atoms with E-state index in [2.05, 4.69) is 92.1 Å². The Morgan fingerprint density at radius 1 is 0.708 bits per heavy atom. The minimum atomic E-state index is -4.34. The molecule has 5 N–H and O–H groups in total. The second kappa shape index (κ2) is 34.5. The molecular formula is C39H67N2O6P. The van der Waals surface area contributed by atoms with Gasteiger partial charge in [-0.25, -0.2) is 4.57 Å². The molecule has 0 spiro atoms. The predicted molar refractivity (Wildman–Crippen MR) is 203 cm³/mol. The van der Waals surface area contributed by atoms with Crippen molar-refractivity contribution in [3.05, 3.63) is 85.1 Å². The molecule has 3 atom stereocenters. The van der Waals surface area contributed by atoms with E-state index in [0.717, 1.165) is 70.6 Å². The summed E-state index contributed by atoms with van der Waals surface area (Å²) >= 11 is 0. The Balaban J connectivity index is 4.35. The summed E-state index contributed by atoms with van der Waals surface area (Å²) < 4.78 is 21.9. The number of aliphatic hydroxyl groups is 1. The van der Waals surface area contributed by atoms with Crippen molar-refractivity contribution in [3.8, 4) is 0 Å². The Bertz CT molecular complexity index is 1020. The summed E-state index contributed by atoms with van der Waals surface area (Å²) in [6.07, 6.45) is 45.0. The van der Waals surface area contributed by atoms with Gasteiger partial charge in [-0.3, -0.25) is 13.8 Å². The monoisotopic (exact) mass is 690 g/mol. The van der Waals surface area contributed by atoms with Gasteiger partial charge in [0.05, 0.1) is 25.4 Å². The maximum Gasteiger partial charge on any atom is 0.472 e. The summed E-state index contributed by atoms with van der Waals surface area (Å²) in [6, 6.07) is -0.886. The maximum absolute atomic E-state index is 12.6. The highest BCUT2D eigenvalue weighted by Crippen LogP contribution is 2.43.